The van der Waals surface area contributed by atoms with E-state index in [2.05, 4.69) is 27.8 Å². The number of piperidine rings is 1. The quantitative estimate of drug-likeness (QED) is 0.300. The van der Waals surface area contributed by atoms with Crippen molar-refractivity contribution in [1.82, 2.24) is 4.72 Å². The molecule has 0 aromatic heterocycles. The van der Waals surface area contributed by atoms with Crippen LogP contribution in [0.15, 0.2) is 72.8 Å². The molecule has 0 saturated carbocycles. The number of nitrogens with zero attached hydrogens (tertiary/aromatic N) is 1. The van der Waals surface area contributed by atoms with Crippen molar-refractivity contribution in [2.75, 3.05) is 24.6 Å². The third-order valence-electron chi connectivity index (χ3n) is 7.00. The summed E-state index contributed by atoms with van der Waals surface area (Å²) in [6, 6.07) is 23.9. The van der Waals surface area contributed by atoms with Gasteiger partial charge in [-0.25, -0.2) is 13.7 Å². The van der Waals surface area contributed by atoms with E-state index in [4.69, 9.17) is 16.3 Å². The minimum atomic E-state index is -1.22. The molecule has 0 aliphatic carbocycles. The molecule has 0 amide bonds. The van der Waals surface area contributed by atoms with Crippen molar-refractivity contribution < 1.29 is 13.7 Å². The molecule has 1 heterocycles. The van der Waals surface area contributed by atoms with E-state index in [1.165, 1.54) is 0 Å². The summed E-state index contributed by atoms with van der Waals surface area (Å²) in [5.41, 5.74) is 5.05. The largest absolute Gasteiger partial charge is 0.462 e. The number of anilines is 1. The number of hydrogen-bond donors (Lipinski definition) is 1. The minimum absolute atomic E-state index is 0.0599. The van der Waals surface area contributed by atoms with Crippen molar-refractivity contribution in [1.29, 1.82) is 0 Å². The molecule has 1 aliphatic rings. The van der Waals surface area contributed by atoms with Crippen LogP contribution in [0, 0.1) is 5.92 Å². The monoisotopic (exact) mass is 552 g/mol. The standard InChI is InChI=1S/C31H37ClN2O3S/c1-5-37-30(35)24-12-16-26(17-13-24)34-20-18-23(19-21-34)29(33-38(36)31(2,3)4)28-9-7-6-8-27(28)22-10-14-25(32)15-11-22/h6-17,23,29,33H,5,18-21H2,1-4H3. The molecule has 1 saturated heterocycles. The maximum absolute atomic E-state index is 13.3. The molecule has 1 aliphatic heterocycles. The van der Waals surface area contributed by atoms with Gasteiger partial charge in [-0.05, 0) is 99.5 Å². The first-order valence-corrected chi connectivity index (χ1v) is 14.7. The van der Waals surface area contributed by atoms with Crippen molar-refractivity contribution in [2.24, 2.45) is 5.92 Å². The summed E-state index contributed by atoms with van der Waals surface area (Å²) in [6.07, 6.45) is 1.90. The molecule has 202 valence electrons. The van der Waals surface area contributed by atoms with Gasteiger partial charge in [0.05, 0.1) is 27.9 Å². The maximum atomic E-state index is 13.3. The summed E-state index contributed by atoms with van der Waals surface area (Å²) in [4.78, 5) is 14.4. The van der Waals surface area contributed by atoms with Crippen LogP contribution in [0.2, 0.25) is 5.02 Å². The second-order valence-electron chi connectivity index (χ2n) is 10.7. The average molecular weight is 553 g/mol. The second kappa shape index (κ2) is 12.5. The fraction of sp³-hybridized carbons (Fsp3) is 0.387. The van der Waals surface area contributed by atoms with Crippen LogP contribution in [0.4, 0.5) is 5.69 Å². The Kier molecular flexibility index (Phi) is 9.29. The molecule has 0 radical (unpaired) electrons. The van der Waals surface area contributed by atoms with Gasteiger partial charge in [0.25, 0.3) is 0 Å². The number of benzene rings is 3. The predicted octanol–water partition coefficient (Wildman–Crippen LogP) is 7.19. The highest BCUT2D eigenvalue weighted by Gasteiger charge is 2.33. The van der Waals surface area contributed by atoms with Crippen LogP contribution in [-0.2, 0) is 15.7 Å². The molecule has 3 aromatic rings. The predicted molar refractivity (Wildman–Crippen MR) is 158 cm³/mol. The van der Waals surface area contributed by atoms with Crippen LogP contribution in [0.25, 0.3) is 11.1 Å². The van der Waals surface area contributed by atoms with E-state index in [1.54, 1.807) is 0 Å². The van der Waals surface area contributed by atoms with Gasteiger partial charge >= 0.3 is 5.97 Å². The van der Waals surface area contributed by atoms with Crippen molar-refractivity contribution in [3.8, 4) is 11.1 Å². The van der Waals surface area contributed by atoms with Crippen molar-refractivity contribution >= 4 is 34.2 Å². The van der Waals surface area contributed by atoms with Crippen LogP contribution in [0.3, 0.4) is 0 Å². The summed E-state index contributed by atoms with van der Waals surface area (Å²) in [5, 5.41) is 0.706. The van der Waals surface area contributed by atoms with Gasteiger partial charge in [0.2, 0.25) is 0 Å². The van der Waals surface area contributed by atoms with E-state index in [9.17, 15) is 9.00 Å². The molecule has 0 spiro atoms. The van der Waals surface area contributed by atoms with Gasteiger partial charge in [0.15, 0.2) is 0 Å². The van der Waals surface area contributed by atoms with E-state index in [-0.39, 0.29) is 16.8 Å². The molecule has 2 atom stereocenters. The van der Waals surface area contributed by atoms with E-state index < -0.39 is 11.0 Å². The fourth-order valence-electron chi connectivity index (χ4n) is 4.88. The van der Waals surface area contributed by atoms with Gasteiger partial charge in [-0.1, -0.05) is 48.0 Å². The number of carbonyl (C=O) groups excluding carboxylic acids is 1. The van der Waals surface area contributed by atoms with Crippen LogP contribution in [-0.4, -0.2) is 34.6 Å². The molecular weight excluding hydrogens is 516 g/mol. The Balaban J connectivity index is 1.57. The highest BCUT2D eigenvalue weighted by molar-refractivity contribution is 7.84. The summed E-state index contributed by atoms with van der Waals surface area (Å²) in [5.74, 6) is 0.0164. The normalized spacial score (nSPS) is 16.2. The Morgan fingerprint density at radius 3 is 2.26 bits per heavy atom. The second-order valence-corrected chi connectivity index (χ2v) is 13.1. The van der Waals surface area contributed by atoms with Crippen LogP contribution < -0.4 is 9.62 Å². The number of esters is 1. The van der Waals surface area contributed by atoms with E-state index >= 15 is 0 Å². The van der Waals surface area contributed by atoms with Gasteiger partial charge in [0.1, 0.15) is 0 Å². The summed E-state index contributed by atoms with van der Waals surface area (Å²) >= 11 is 6.16. The highest BCUT2D eigenvalue weighted by atomic mass is 35.5. The Hall–Kier alpha value is -2.67. The molecule has 7 heteroatoms. The van der Waals surface area contributed by atoms with Gasteiger partial charge < -0.3 is 9.64 Å². The minimum Gasteiger partial charge on any atom is -0.462 e. The smallest absolute Gasteiger partial charge is 0.338 e. The number of rotatable bonds is 8. The first kappa shape index (κ1) is 28.3. The fourth-order valence-corrected chi connectivity index (χ4v) is 5.91. The van der Waals surface area contributed by atoms with Crippen LogP contribution >= 0.6 is 11.6 Å². The number of carbonyl (C=O) groups is 1. The molecule has 0 bridgehead atoms. The van der Waals surface area contributed by atoms with Gasteiger partial charge in [0, 0.05) is 29.8 Å². The van der Waals surface area contributed by atoms with E-state index in [0.29, 0.717) is 23.1 Å². The molecule has 5 nitrogen and oxygen atoms in total. The Morgan fingerprint density at radius 2 is 1.66 bits per heavy atom. The van der Waals surface area contributed by atoms with Crippen LogP contribution in [0.5, 0.6) is 0 Å². The van der Waals surface area contributed by atoms with Crippen molar-refractivity contribution in [3.63, 3.8) is 0 Å². The molecule has 4 rings (SSSR count). The van der Waals surface area contributed by atoms with Crippen LogP contribution in [0.1, 0.15) is 62.5 Å². The molecule has 38 heavy (non-hydrogen) atoms. The third-order valence-corrected chi connectivity index (χ3v) is 8.83. The zero-order valence-electron chi connectivity index (χ0n) is 22.6. The number of hydrogen-bond acceptors (Lipinski definition) is 4. The van der Waals surface area contributed by atoms with Crippen molar-refractivity contribution in [3.05, 3.63) is 88.9 Å². The van der Waals surface area contributed by atoms with Gasteiger partial charge in [-0.15, -0.1) is 0 Å². The molecule has 1 fully saturated rings. The third kappa shape index (κ3) is 6.85. The topological polar surface area (TPSA) is 58.6 Å². The number of nitrogens with one attached hydrogen (secondary N) is 1. The SMILES string of the molecule is CCOC(=O)c1ccc(N2CCC(C(NS(=O)C(C)(C)C)c3ccccc3-c3ccc(Cl)cc3)CC2)cc1. The van der Waals surface area contributed by atoms with Gasteiger partial charge in [-0.3, -0.25) is 0 Å². The first-order chi connectivity index (χ1) is 18.2. The zero-order chi connectivity index (χ0) is 27.3. The summed E-state index contributed by atoms with van der Waals surface area (Å²) < 4.78 is 21.6. The molecular formula is C31H37ClN2O3S. The molecule has 2 unspecified atom stereocenters. The molecule has 1 N–H and O–H groups in total. The van der Waals surface area contributed by atoms with E-state index in [0.717, 1.165) is 48.3 Å². The average Bonchev–Trinajstić information content (AvgIpc) is 2.92. The first-order valence-electron chi connectivity index (χ1n) is 13.2. The lowest BCUT2D eigenvalue weighted by Gasteiger charge is -2.39. The number of halogens is 1. The zero-order valence-corrected chi connectivity index (χ0v) is 24.1. The Bertz CT molecular complexity index is 1250. The van der Waals surface area contributed by atoms with Crippen molar-refractivity contribution in [2.45, 2.75) is 51.3 Å². The lowest BCUT2D eigenvalue weighted by molar-refractivity contribution is 0.0526. The lowest BCUT2D eigenvalue weighted by atomic mass is 9.83. The Labute approximate surface area is 234 Å². The van der Waals surface area contributed by atoms with E-state index in [1.807, 2.05) is 82.3 Å². The summed E-state index contributed by atoms with van der Waals surface area (Å²) in [6.45, 7) is 9.94. The highest BCUT2D eigenvalue weighted by Crippen LogP contribution is 2.38. The van der Waals surface area contributed by atoms with Gasteiger partial charge in [-0.2, -0.15) is 0 Å². The Morgan fingerprint density at radius 1 is 1.03 bits per heavy atom. The lowest BCUT2D eigenvalue weighted by Crippen LogP contribution is -2.42. The molecule has 3 aromatic carbocycles. The number of ether oxygens (including phenoxy) is 1. The maximum Gasteiger partial charge on any atom is 0.338 e. The summed E-state index contributed by atoms with van der Waals surface area (Å²) in [7, 11) is -1.22.